The largest absolute Gasteiger partial charge is 0.456 e. The Morgan fingerprint density at radius 2 is 1.75 bits per heavy atom. The molecule has 3 aliphatic rings. The van der Waals surface area contributed by atoms with E-state index in [1.54, 1.807) is 37.4 Å². The fourth-order valence-corrected chi connectivity index (χ4v) is 9.92. The van der Waals surface area contributed by atoms with Gasteiger partial charge in [0.05, 0.1) is 39.4 Å². The number of benzene rings is 3. The Kier molecular flexibility index (Phi) is 12.5. The van der Waals surface area contributed by atoms with Crippen molar-refractivity contribution in [3.05, 3.63) is 111 Å². The van der Waals surface area contributed by atoms with Crippen LogP contribution in [0.2, 0.25) is 5.02 Å². The fraction of sp³-hybridized carbons (Fsp3) is 0.413. The number of aliphatic hydroxyl groups is 1. The molecule has 3 aromatic carbocycles. The zero-order chi connectivity index (χ0) is 44.5. The number of nitro groups is 1. The van der Waals surface area contributed by atoms with Gasteiger partial charge in [-0.05, 0) is 111 Å². The van der Waals surface area contributed by atoms with Gasteiger partial charge < -0.3 is 20.1 Å². The monoisotopic (exact) mass is 896 g/mol. The number of carbonyl (C=O) groups excluding carboxylic acids is 1. The maximum atomic E-state index is 14.0. The molecule has 15 nitrogen and oxygen atoms in total. The summed E-state index contributed by atoms with van der Waals surface area (Å²) in [6.45, 7) is 10.7. The fourth-order valence-electron chi connectivity index (χ4n) is 8.86. The van der Waals surface area contributed by atoms with E-state index >= 15 is 0 Å². The number of ether oxygens (including phenoxy) is 1. The van der Waals surface area contributed by atoms with Crippen LogP contribution in [-0.4, -0.2) is 89.3 Å². The van der Waals surface area contributed by atoms with Crippen LogP contribution in [0, 0.1) is 21.4 Å². The van der Waals surface area contributed by atoms with Crippen molar-refractivity contribution in [2.75, 3.05) is 49.5 Å². The van der Waals surface area contributed by atoms with Gasteiger partial charge in [0, 0.05) is 62.1 Å². The number of nitrogens with one attached hydrogen (secondary N) is 3. The summed E-state index contributed by atoms with van der Waals surface area (Å²) in [5, 5.41) is 33.8. The molecule has 1 aliphatic heterocycles. The van der Waals surface area contributed by atoms with Gasteiger partial charge >= 0.3 is 5.69 Å². The van der Waals surface area contributed by atoms with Crippen LogP contribution in [0.1, 0.15) is 81.6 Å². The van der Waals surface area contributed by atoms with Gasteiger partial charge in [-0.1, -0.05) is 49.2 Å². The molecule has 0 radical (unpaired) electrons. The Bertz CT molecular complexity index is 2650. The summed E-state index contributed by atoms with van der Waals surface area (Å²) in [4.78, 5) is 33.6. The highest BCUT2D eigenvalue weighted by atomic mass is 35.5. The van der Waals surface area contributed by atoms with E-state index in [9.17, 15) is 28.4 Å². The second kappa shape index (κ2) is 17.9. The van der Waals surface area contributed by atoms with E-state index in [1.807, 2.05) is 18.2 Å². The number of sulfonamides is 1. The van der Waals surface area contributed by atoms with Crippen molar-refractivity contribution < 1.29 is 28.0 Å². The number of nitrogens with zero attached hydrogens (tertiary/aromatic N) is 5. The van der Waals surface area contributed by atoms with Gasteiger partial charge in [0.2, 0.25) is 5.82 Å². The van der Waals surface area contributed by atoms with Crippen molar-refractivity contribution in [2.45, 2.75) is 76.2 Å². The molecule has 0 bridgehead atoms. The van der Waals surface area contributed by atoms with Crippen molar-refractivity contribution in [3.63, 3.8) is 0 Å². The Hall–Kier alpha value is -5.55. The number of H-pyrrole nitrogens is 1. The molecule has 1 saturated carbocycles. The number of amides is 1. The number of piperazine rings is 1. The smallest absolute Gasteiger partial charge is 0.312 e. The van der Waals surface area contributed by atoms with Gasteiger partial charge in [-0.3, -0.25) is 24.9 Å². The number of hydrogen-bond donors (Lipinski definition) is 4. The molecular weight excluding hydrogens is 844 g/mol. The molecule has 2 aromatic heterocycles. The van der Waals surface area contributed by atoms with Crippen LogP contribution >= 0.6 is 11.6 Å². The number of aromatic nitrogens is 3. The number of hydrogen-bond acceptors (Lipinski definition) is 12. The lowest BCUT2D eigenvalue weighted by atomic mass is 9.72. The number of rotatable bonds is 13. The standard InChI is InChI=1S/C46H53ClN8O7S/c1-45(2)16-15-32(37(25-45)31-7-9-33(47)10-8-31)29-53-19-21-54(22-20-53)34-11-12-36(42(23-34)62-41-6-4-5-39-38(41)28-50-51-39)44(56)52-63(60,61)35-24-40(55(58)59)43(49-27-35)48-26-30-13-17-46(3,57)18-14-30/h4-12,23-24,27-28,30,57H,13-22,25-26,29H2,1-3H3,(H,48,49)(H,50,51)(H,52,56)/t30-,46-. The van der Waals surface area contributed by atoms with E-state index in [0.29, 0.717) is 49.1 Å². The quantitative estimate of drug-likeness (QED) is 0.0650. The van der Waals surface area contributed by atoms with Crippen LogP contribution in [0.3, 0.4) is 0 Å². The number of pyridine rings is 1. The molecule has 17 heteroatoms. The average molecular weight is 897 g/mol. The summed E-state index contributed by atoms with van der Waals surface area (Å²) in [5.41, 5.74) is 4.48. The minimum Gasteiger partial charge on any atom is -0.456 e. The normalized spacial score (nSPS) is 20.7. The van der Waals surface area contributed by atoms with Crippen molar-refractivity contribution in [1.82, 2.24) is 24.8 Å². The molecule has 8 rings (SSSR count). The number of carbonyl (C=O) groups is 1. The Morgan fingerprint density at radius 1 is 1.00 bits per heavy atom. The topological polar surface area (TPSA) is 196 Å². The zero-order valence-electron chi connectivity index (χ0n) is 35.7. The number of aromatic amines is 1. The number of fused-ring (bicyclic) bond motifs is 1. The van der Waals surface area contributed by atoms with Crippen LogP contribution in [0.5, 0.6) is 11.5 Å². The first-order chi connectivity index (χ1) is 30.0. The molecule has 1 amide bonds. The number of allylic oxidation sites excluding steroid dienone is 1. The Morgan fingerprint density at radius 3 is 2.48 bits per heavy atom. The van der Waals surface area contributed by atoms with E-state index in [-0.39, 0.29) is 28.5 Å². The first kappa shape index (κ1) is 44.1. The second-order valence-corrected chi connectivity index (χ2v) is 20.2. The summed E-state index contributed by atoms with van der Waals surface area (Å²) in [6.07, 6.45) is 8.47. The minimum atomic E-state index is -4.64. The highest BCUT2D eigenvalue weighted by Gasteiger charge is 2.32. The molecular formula is C46H53ClN8O7S. The molecule has 0 unspecified atom stereocenters. The van der Waals surface area contributed by atoms with E-state index in [2.05, 4.69) is 61.0 Å². The van der Waals surface area contributed by atoms with Crippen molar-refractivity contribution in [2.24, 2.45) is 11.3 Å². The molecule has 332 valence electrons. The molecule has 2 fully saturated rings. The van der Waals surface area contributed by atoms with E-state index in [4.69, 9.17) is 16.3 Å². The summed E-state index contributed by atoms with van der Waals surface area (Å²) < 4.78 is 35.9. The highest BCUT2D eigenvalue weighted by Crippen LogP contribution is 2.44. The molecule has 1 saturated heterocycles. The second-order valence-electron chi connectivity index (χ2n) is 18.1. The van der Waals surface area contributed by atoms with Crippen LogP contribution in [0.25, 0.3) is 16.5 Å². The zero-order valence-corrected chi connectivity index (χ0v) is 37.3. The third-order valence-corrected chi connectivity index (χ3v) is 14.3. The van der Waals surface area contributed by atoms with Gasteiger partial charge in [-0.25, -0.2) is 18.1 Å². The lowest BCUT2D eigenvalue weighted by Crippen LogP contribution is -2.47. The van der Waals surface area contributed by atoms with Gasteiger partial charge in [-0.2, -0.15) is 5.10 Å². The van der Waals surface area contributed by atoms with Crippen molar-refractivity contribution in [3.8, 4) is 11.5 Å². The maximum absolute atomic E-state index is 14.0. The summed E-state index contributed by atoms with van der Waals surface area (Å²) in [5.74, 6) is -0.386. The van der Waals surface area contributed by atoms with Crippen LogP contribution in [0.4, 0.5) is 17.2 Å². The van der Waals surface area contributed by atoms with E-state index in [1.165, 1.54) is 22.8 Å². The summed E-state index contributed by atoms with van der Waals surface area (Å²) >= 11 is 6.24. The predicted molar refractivity (Wildman–Crippen MR) is 244 cm³/mol. The Balaban J connectivity index is 1.00. The molecule has 2 aliphatic carbocycles. The lowest BCUT2D eigenvalue weighted by molar-refractivity contribution is -0.384. The number of halogens is 1. The van der Waals surface area contributed by atoms with E-state index < -0.39 is 37.0 Å². The first-order valence-corrected chi connectivity index (χ1v) is 23.2. The van der Waals surface area contributed by atoms with Gasteiger partial charge in [-0.15, -0.1) is 0 Å². The van der Waals surface area contributed by atoms with Crippen molar-refractivity contribution >= 4 is 61.2 Å². The van der Waals surface area contributed by atoms with Crippen LogP contribution in [0.15, 0.2) is 89.6 Å². The maximum Gasteiger partial charge on any atom is 0.312 e. The lowest BCUT2D eigenvalue weighted by Gasteiger charge is -2.39. The molecule has 5 aromatic rings. The molecule has 63 heavy (non-hydrogen) atoms. The molecule has 4 N–H and O–H groups in total. The van der Waals surface area contributed by atoms with Crippen molar-refractivity contribution in [1.29, 1.82) is 0 Å². The predicted octanol–water partition coefficient (Wildman–Crippen LogP) is 8.57. The molecule has 3 heterocycles. The third kappa shape index (κ3) is 10.3. The summed E-state index contributed by atoms with van der Waals surface area (Å²) in [6, 6.07) is 19.4. The summed E-state index contributed by atoms with van der Waals surface area (Å²) in [7, 11) is -4.64. The first-order valence-electron chi connectivity index (χ1n) is 21.4. The Labute approximate surface area is 372 Å². The minimum absolute atomic E-state index is 0.0597. The van der Waals surface area contributed by atoms with Gasteiger partial charge in [0.15, 0.2) is 0 Å². The number of anilines is 2. The SMILES string of the molecule is CC1(C)CCC(CN2CCN(c3ccc(C(=O)NS(=O)(=O)c4cnc(NC[C@H]5CC[C@](C)(O)CC5)c([N+](=O)[O-])c4)c(Oc4cccc5[nH]ncc45)c3)CC2)=C(c2ccc(Cl)cc2)C1. The molecule has 0 spiro atoms. The van der Waals surface area contributed by atoms with Gasteiger partial charge in [0.25, 0.3) is 15.9 Å². The highest BCUT2D eigenvalue weighted by molar-refractivity contribution is 7.90. The molecule has 0 atom stereocenters. The van der Waals surface area contributed by atoms with E-state index in [0.717, 1.165) is 74.7 Å². The van der Waals surface area contributed by atoms with Crippen LogP contribution < -0.4 is 19.7 Å². The van der Waals surface area contributed by atoms with Gasteiger partial charge in [0.1, 0.15) is 16.4 Å². The third-order valence-electron chi connectivity index (χ3n) is 12.7. The average Bonchev–Trinajstić information content (AvgIpc) is 3.74. The van der Waals surface area contributed by atoms with Crippen LogP contribution in [-0.2, 0) is 10.0 Å².